The van der Waals surface area contributed by atoms with Crippen molar-refractivity contribution < 1.29 is 18.3 Å². The molecule has 0 saturated carbocycles. The molecule has 0 aliphatic heterocycles. The van der Waals surface area contributed by atoms with Gasteiger partial charge in [-0.2, -0.15) is 0 Å². The van der Waals surface area contributed by atoms with Crippen LogP contribution in [-0.2, 0) is 4.79 Å². The maximum Gasteiger partial charge on any atom is 0.246 e. The van der Waals surface area contributed by atoms with Gasteiger partial charge in [0.15, 0.2) is 0 Å². The van der Waals surface area contributed by atoms with Crippen molar-refractivity contribution in [3.63, 3.8) is 0 Å². The number of halogens is 2. The number of carbonyl (C=O) groups excluding carboxylic acids is 1. The number of nitrogens with zero attached hydrogens (tertiary/aromatic N) is 1. The van der Waals surface area contributed by atoms with Crippen LogP contribution in [0.15, 0.2) is 54.6 Å². The molecule has 2 rings (SSSR count). The molecular weight excluding hydrogens is 300 g/mol. The van der Waals surface area contributed by atoms with Crippen LogP contribution in [-0.4, -0.2) is 31.0 Å². The Morgan fingerprint density at radius 1 is 1.13 bits per heavy atom. The second-order valence-electron chi connectivity index (χ2n) is 4.92. The number of carbonyl (C=O) groups is 1. The number of benzene rings is 2. The largest absolute Gasteiger partial charge is 0.492 e. The third kappa shape index (κ3) is 5.21. The summed E-state index contributed by atoms with van der Waals surface area (Å²) < 4.78 is 31.6. The topological polar surface area (TPSA) is 29.5 Å². The summed E-state index contributed by atoms with van der Waals surface area (Å²) in [5, 5.41) is 0. The lowest BCUT2D eigenvalue weighted by Crippen LogP contribution is -2.29. The minimum Gasteiger partial charge on any atom is -0.492 e. The summed E-state index contributed by atoms with van der Waals surface area (Å²) in [6, 6.07) is 11.9. The molecule has 23 heavy (non-hydrogen) atoms. The van der Waals surface area contributed by atoms with E-state index in [-0.39, 0.29) is 24.1 Å². The van der Waals surface area contributed by atoms with Gasteiger partial charge >= 0.3 is 0 Å². The maximum atomic E-state index is 13.4. The van der Waals surface area contributed by atoms with Crippen molar-refractivity contribution in [2.75, 3.05) is 20.2 Å². The summed E-state index contributed by atoms with van der Waals surface area (Å²) in [5.41, 5.74) is 0.358. The molecule has 0 aromatic heterocycles. The number of rotatable bonds is 6. The number of hydrogen-bond acceptors (Lipinski definition) is 2. The van der Waals surface area contributed by atoms with Gasteiger partial charge < -0.3 is 9.64 Å². The molecule has 0 N–H and O–H groups in total. The smallest absolute Gasteiger partial charge is 0.246 e. The van der Waals surface area contributed by atoms with Crippen molar-refractivity contribution in [1.82, 2.24) is 4.90 Å². The highest BCUT2D eigenvalue weighted by molar-refractivity contribution is 5.91. The highest BCUT2D eigenvalue weighted by atomic mass is 19.1. The van der Waals surface area contributed by atoms with E-state index in [0.717, 1.165) is 0 Å². The quantitative estimate of drug-likeness (QED) is 0.763. The molecule has 0 aliphatic carbocycles. The SMILES string of the molecule is CN(CCOc1ccc(F)cc1)C(=O)/C=C/c1ccccc1F. The monoisotopic (exact) mass is 317 g/mol. The average Bonchev–Trinajstić information content (AvgIpc) is 2.55. The summed E-state index contributed by atoms with van der Waals surface area (Å²) >= 11 is 0. The van der Waals surface area contributed by atoms with E-state index in [1.807, 2.05) is 0 Å². The van der Waals surface area contributed by atoms with E-state index < -0.39 is 0 Å². The Morgan fingerprint density at radius 3 is 2.52 bits per heavy atom. The van der Waals surface area contributed by atoms with Gasteiger partial charge in [-0.25, -0.2) is 8.78 Å². The first kappa shape index (κ1) is 16.7. The van der Waals surface area contributed by atoms with Crippen molar-refractivity contribution in [2.24, 2.45) is 0 Å². The predicted octanol–water partition coefficient (Wildman–Crippen LogP) is 3.52. The van der Waals surface area contributed by atoms with E-state index in [0.29, 0.717) is 17.9 Å². The maximum absolute atomic E-state index is 13.4. The zero-order valence-corrected chi connectivity index (χ0v) is 12.7. The summed E-state index contributed by atoms with van der Waals surface area (Å²) in [6.45, 7) is 0.638. The second kappa shape index (κ2) is 8.08. The summed E-state index contributed by atoms with van der Waals surface area (Å²) in [7, 11) is 1.63. The van der Waals surface area contributed by atoms with Gasteiger partial charge in [0.25, 0.3) is 0 Å². The zero-order valence-electron chi connectivity index (χ0n) is 12.7. The van der Waals surface area contributed by atoms with Gasteiger partial charge in [0.1, 0.15) is 24.0 Å². The van der Waals surface area contributed by atoms with Crippen LogP contribution < -0.4 is 4.74 Å². The fourth-order valence-corrected chi connectivity index (χ4v) is 1.84. The Labute approximate surface area is 133 Å². The third-order valence-electron chi connectivity index (χ3n) is 3.20. The van der Waals surface area contributed by atoms with Crippen molar-refractivity contribution in [3.8, 4) is 5.75 Å². The molecular formula is C18H17F2NO2. The summed E-state index contributed by atoms with van der Waals surface area (Å²) in [4.78, 5) is 13.4. The standard InChI is InChI=1S/C18H17F2NO2/c1-21(12-13-23-16-9-7-15(19)8-10-16)18(22)11-6-14-4-2-3-5-17(14)20/h2-11H,12-13H2,1H3/b11-6+. The Hall–Kier alpha value is -2.69. The van der Waals surface area contributed by atoms with Crippen LogP contribution in [0.3, 0.4) is 0 Å². The first-order valence-electron chi connectivity index (χ1n) is 7.12. The molecule has 120 valence electrons. The van der Waals surface area contributed by atoms with Gasteiger partial charge in [0.2, 0.25) is 5.91 Å². The van der Waals surface area contributed by atoms with E-state index in [9.17, 15) is 13.6 Å². The van der Waals surface area contributed by atoms with Crippen molar-refractivity contribution in [2.45, 2.75) is 0 Å². The van der Waals surface area contributed by atoms with Crippen LogP contribution in [0.1, 0.15) is 5.56 Å². The Morgan fingerprint density at radius 2 is 1.83 bits per heavy atom. The van der Waals surface area contributed by atoms with E-state index in [1.165, 1.54) is 47.4 Å². The predicted molar refractivity (Wildman–Crippen MR) is 85.0 cm³/mol. The number of amides is 1. The van der Waals surface area contributed by atoms with Crippen molar-refractivity contribution in [3.05, 3.63) is 71.8 Å². The molecule has 0 aliphatic rings. The normalized spacial score (nSPS) is 10.7. The number of ether oxygens (including phenoxy) is 1. The van der Waals surface area contributed by atoms with Crippen LogP contribution >= 0.6 is 0 Å². The summed E-state index contributed by atoms with van der Waals surface area (Å²) in [6.07, 6.45) is 2.76. The van der Waals surface area contributed by atoms with Crippen molar-refractivity contribution in [1.29, 1.82) is 0 Å². The van der Waals surface area contributed by atoms with Gasteiger partial charge in [0, 0.05) is 18.7 Å². The zero-order chi connectivity index (χ0) is 16.7. The Bertz CT molecular complexity index is 684. The molecule has 2 aromatic carbocycles. The summed E-state index contributed by atoms with van der Waals surface area (Å²) in [5.74, 6) is -0.424. The molecule has 0 heterocycles. The highest BCUT2D eigenvalue weighted by Gasteiger charge is 2.05. The minimum absolute atomic E-state index is 0.254. The number of hydrogen-bond donors (Lipinski definition) is 0. The molecule has 0 unspecified atom stereocenters. The van der Waals surface area contributed by atoms with E-state index >= 15 is 0 Å². The molecule has 2 aromatic rings. The molecule has 5 heteroatoms. The molecule has 0 spiro atoms. The van der Waals surface area contributed by atoms with E-state index in [4.69, 9.17) is 4.74 Å². The van der Waals surface area contributed by atoms with Crippen LogP contribution in [0.25, 0.3) is 6.08 Å². The molecule has 0 radical (unpaired) electrons. The van der Waals surface area contributed by atoms with Crippen LogP contribution in [0, 0.1) is 11.6 Å². The third-order valence-corrected chi connectivity index (χ3v) is 3.20. The molecule has 0 atom stereocenters. The van der Waals surface area contributed by atoms with Crippen LogP contribution in [0.5, 0.6) is 5.75 Å². The van der Waals surface area contributed by atoms with Gasteiger partial charge in [0.05, 0.1) is 6.54 Å². The molecule has 0 bridgehead atoms. The highest BCUT2D eigenvalue weighted by Crippen LogP contribution is 2.11. The number of likely N-dealkylation sites (N-methyl/N-ethyl adjacent to an activating group) is 1. The first-order chi connectivity index (χ1) is 11.1. The first-order valence-corrected chi connectivity index (χ1v) is 7.12. The Kier molecular flexibility index (Phi) is 5.86. The second-order valence-corrected chi connectivity index (χ2v) is 4.92. The fraction of sp³-hybridized carbons (Fsp3) is 0.167. The fourth-order valence-electron chi connectivity index (χ4n) is 1.84. The van der Waals surface area contributed by atoms with Crippen LogP contribution in [0.2, 0.25) is 0 Å². The van der Waals surface area contributed by atoms with Crippen LogP contribution in [0.4, 0.5) is 8.78 Å². The minimum atomic E-state index is -0.376. The van der Waals surface area contributed by atoms with E-state index in [1.54, 1.807) is 25.2 Å². The lowest BCUT2D eigenvalue weighted by atomic mass is 10.2. The van der Waals surface area contributed by atoms with Gasteiger partial charge in [-0.3, -0.25) is 4.79 Å². The average molecular weight is 317 g/mol. The lowest BCUT2D eigenvalue weighted by molar-refractivity contribution is -0.125. The van der Waals surface area contributed by atoms with Crippen molar-refractivity contribution >= 4 is 12.0 Å². The van der Waals surface area contributed by atoms with E-state index in [2.05, 4.69) is 0 Å². The molecule has 3 nitrogen and oxygen atoms in total. The van der Waals surface area contributed by atoms with Gasteiger partial charge in [-0.05, 0) is 36.4 Å². The molecule has 0 saturated heterocycles. The van der Waals surface area contributed by atoms with Gasteiger partial charge in [-0.15, -0.1) is 0 Å². The molecule has 0 fully saturated rings. The molecule has 1 amide bonds. The lowest BCUT2D eigenvalue weighted by Gasteiger charge is -2.15. The Balaban J connectivity index is 1.81. The van der Waals surface area contributed by atoms with Gasteiger partial charge in [-0.1, -0.05) is 18.2 Å².